The Morgan fingerprint density at radius 3 is 0.720 bits per heavy atom. The van der Waals surface area contributed by atoms with Crippen LogP contribution in [0.15, 0.2) is 216 Å². The lowest BCUT2D eigenvalue weighted by Crippen LogP contribution is -1.92. The van der Waals surface area contributed by atoms with Crippen molar-refractivity contribution in [1.82, 2.24) is 0 Å². The number of hydrogen-bond donors (Lipinski definition) is 0. The molecule has 0 spiro atoms. The van der Waals surface area contributed by atoms with E-state index in [0.717, 1.165) is 78.1 Å². The Morgan fingerprint density at radius 1 is 0.200 bits per heavy atom. The van der Waals surface area contributed by atoms with Crippen LogP contribution in [-0.4, -0.2) is 0 Å². The quantitative estimate of drug-likeness (QED) is 0.148. The van der Waals surface area contributed by atoms with Crippen LogP contribution in [0.4, 0.5) is 11.4 Å². The topological polar surface area (TPSA) is 24.7 Å². The van der Waals surface area contributed by atoms with Crippen molar-refractivity contribution in [3.05, 3.63) is 206 Å². The Balaban J connectivity index is 1.39. The molecule has 0 aliphatic heterocycles. The van der Waals surface area contributed by atoms with Crippen LogP contribution in [0.3, 0.4) is 0 Å². The van der Waals surface area contributed by atoms with Crippen molar-refractivity contribution in [3.8, 4) is 66.8 Å². The molecule has 2 heteroatoms. The lowest BCUT2D eigenvalue weighted by atomic mass is 9.86. The van der Waals surface area contributed by atoms with Crippen molar-refractivity contribution >= 4 is 11.4 Å². The normalized spacial score (nSPS) is 11.1. The maximum absolute atomic E-state index is 5.12. The highest BCUT2D eigenvalue weighted by Crippen LogP contribution is 2.48. The molecule has 0 fully saturated rings. The summed E-state index contributed by atoms with van der Waals surface area (Å²) in [6, 6.07) is 72.1. The van der Waals surface area contributed by atoms with Crippen molar-refractivity contribution in [2.75, 3.05) is 0 Å². The SMILES string of the molecule is c1ccc(-c2ccc(/N=N/c3ccc(-c4ccccc4)c(-c4ccccc4)c3-c3ccccc3)c(-c3ccccc3)c2-c2ccccc2)cc1. The minimum Gasteiger partial charge on any atom is -0.150 e. The van der Waals surface area contributed by atoms with Gasteiger partial charge < -0.3 is 0 Å². The predicted octanol–water partition coefficient (Wildman–Crippen LogP) is 14.1. The minimum absolute atomic E-state index is 0.808. The molecule has 0 amide bonds. The Bertz CT molecular complexity index is 2200. The van der Waals surface area contributed by atoms with Gasteiger partial charge in [-0.1, -0.05) is 194 Å². The largest absolute Gasteiger partial charge is 0.150 e. The number of rotatable bonds is 8. The lowest BCUT2D eigenvalue weighted by Gasteiger charge is -2.19. The van der Waals surface area contributed by atoms with E-state index in [0.29, 0.717) is 0 Å². The molecule has 0 aliphatic carbocycles. The number of hydrogen-bond acceptors (Lipinski definition) is 2. The van der Waals surface area contributed by atoms with Crippen LogP contribution in [0.2, 0.25) is 0 Å². The summed E-state index contributed by atoms with van der Waals surface area (Å²) in [5.74, 6) is 0. The first-order chi connectivity index (χ1) is 24.8. The van der Waals surface area contributed by atoms with Crippen LogP contribution in [0.25, 0.3) is 66.8 Å². The maximum Gasteiger partial charge on any atom is 0.0942 e. The van der Waals surface area contributed by atoms with Crippen LogP contribution >= 0.6 is 0 Å². The molecule has 50 heavy (non-hydrogen) atoms. The molecular formula is C48H34N2. The summed E-state index contributed by atoms with van der Waals surface area (Å²) in [6.45, 7) is 0. The number of benzene rings is 8. The zero-order chi connectivity index (χ0) is 33.5. The molecule has 0 atom stereocenters. The number of azo groups is 1. The summed E-state index contributed by atoms with van der Waals surface area (Å²) >= 11 is 0. The van der Waals surface area contributed by atoms with E-state index in [-0.39, 0.29) is 0 Å². The smallest absolute Gasteiger partial charge is 0.0942 e. The van der Waals surface area contributed by atoms with E-state index in [1.165, 1.54) is 0 Å². The van der Waals surface area contributed by atoms with Crippen molar-refractivity contribution in [3.63, 3.8) is 0 Å². The van der Waals surface area contributed by atoms with Gasteiger partial charge in [0, 0.05) is 11.1 Å². The molecule has 0 radical (unpaired) electrons. The maximum atomic E-state index is 5.12. The van der Waals surface area contributed by atoms with Gasteiger partial charge in [0.05, 0.1) is 11.4 Å². The van der Waals surface area contributed by atoms with Gasteiger partial charge in [-0.25, -0.2) is 0 Å². The summed E-state index contributed by atoms with van der Waals surface area (Å²) in [5, 5.41) is 10.2. The third-order valence-corrected chi connectivity index (χ3v) is 9.05. The van der Waals surface area contributed by atoms with Crippen molar-refractivity contribution in [2.45, 2.75) is 0 Å². The van der Waals surface area contributed by atoms with Gasteiger partial charge in [-0.3, -0.25) is 0 Å². The first-order valence-corrected chi connectivity index (χ1v) is 16.9. The highest BCUT2D eigenvalue weighted by Gasteiger charge is 2.20. The predicted molar refractivity (Wildman–Crippen MR) is 210 cm³/mol. The lowest BCUT2D eigenvalue weighted by molar-refractivity contribution is 1.23. The van der Waals surface area contributed by atoms with E-state index in [4.69, 9.17) is 10.2 Å². The average Bonchev–Trinajstić information content (AvgIpc) is 3.21. The van der Waals surface area contributed by atoms with Gasteiger partial charge in [-0.2, -0.15) is 0 Å². The van der Waals surface area contributed by atoms with Gasteiger partial charge in [-0.05, 0) is 67.8 Å². The fourth-order valence-corrected chi connectivity index (χ4v) is 6.78. The second kappa shape index (κ2) is 14.2. The average molecular weight is 639 g/mol. The van der Waals surface area contributed by atoms with E-state index >= 15 is 0 Å². The van der Waals surface area contributed by atoms with Gasteiger partial charge in [0.15, 0.2) is 0 Å². The highest BCUT2D eigenvalue weighted by atomic mass is 15.1. The van der Waals surface area contributed by atoms with E-state index in [9.17, 15) is 0 Å². The third kappa shape index (κ3) is 6.19. The van der Waals surface area contributed by atoms with Crippen molar-refractivity contribution in [1.29, 1.82) is 0 Å². The molecule has 0 unspecified atom stereocenters. The van der Waals surface area contributed by atoms with Crippen LogP contribution in [0.1, 0.15) is 0 Å². The molecule has 0 bridgehead atoms. The molecule has 0 aromatic heterocycles. The van der Waals surface area contributed by atoms with E-state index in [2.05, 4.69) is 206 Å². The first kappa shape index (κ1) is 30.7. The standard InChI is InChI=1S/C48H34N2/c1-7-19-35(20-8-1)41-31-33-43(47(39-27-15-5-16-28-39)45(41)37-23-11-3-12-24-37)49-50-44-34-32-42(36-21-9-2-10-22-36)46(38-25-13-4-14-26-38)48(44)40-29-17-6-18-30-40/h1-34H/b50-49+. The summed E-state index contributed by atoms with van der Waals surface area (Å²) in [4.78, 5) is 0. The molecule has 0 N–H and O–H groups in total. The molecule has 0 saturated heterocycles. The summed E-state index contributed by atoms with van der Waals surface area (Å²) in [6.07, 6.45) is 0. The van der Waals surface area contributed by atoms with Gasteiger partial charge in [0.2, 0.25) is 0 Å². The van der Waals surface area contributed by atoms with Gasteiger partial charge in [0.25, 0.3) is 0 Å². The Morgan fingerprint density at radius 2 is 0.440 bits per heavy atom. The van der Waals surface area contributed by atoms with Crippen LogP contribution in [0, 0.1) is 0 Å². The van der Waals surface area contributed by atoms with E-state index in [1.54, 1.807) is 0 Å². The summed E-state index contributed by atoms with van der Waals surface area (Å²) in [7, 11) is 0. The highest BCUT2D eigenvalue weighted by molar-refractivity contribution is 6.01. The summed E-state index contributed by atoms with van der Waals surface area (Å²) < 4.78 is 0. The zero-order valence-corrected chi connectivity index (χ0v) is 27.5. The molecule has 0 saturated carbocycles. The fraction of sp³-hybridized carbons (Fsp3) is 0. The zero-order valence-electron chi connectivity index (χ0n) is 27.5. The summed E-state index contributed by atoms with van der Waals surface area (Å²) in [5.41, 5.74) is 15.0. The minimum atomic E-state index is 0.808. The fourth-order valence-electron chi connectivity index (χ4n) is 6.78. The molecule has 0 aliphatic rings. The molecule has 2 nitrogen and oxygen atoms in total. The third-order valence-electron chi connectivity index (χ3n) is 9.05. The van der Waals surface area contributed by atoms with Gasteiger partial charge in [0.1, 0.15) is 0 Å². The first-order valence-electron chi connectivity index (χ1n) is 16.9. The van der Waals surface area contributed by atoms with Crippen LogP contribution < -0.4 is 0 Å². The van der Waals surface area contributed by atoms with Crippen molar-refractivity contribution < 1.29 is 0 Å². The molecular weight excluding hydrogens is 605 g/mol. The molecule has 0 heterocycles. The molecule has 8 aromatic carbocycles. The molecule has 8 rings (SSSR count). The van der Waals surface area contributed by atoms with E-state index < -0.39 is 0 Å². The van der Waals surface area contributed by atoms with Crippen LogP contribution in [-0.2, 0) is 0 Å². The molecule has 236 valence electrons. The Kier molecular flexibility index (Phi) is 8.73. The monoisotopic (exact) mass is 638 g/mol. The van der Waals surface area contributed by atoms with Gasteiger partial charge >= 0.3 is 0 Å². The number of nitrogens with zero attached hydrogens (tertiary/aromatic N) is 2. The van der Waals surface area contributed by atoms with Gasteiger partial charge in [-0.15, -0.1) is 10.2 Å². The van der Waals surface area contributed by atoms with Crippen LogP contribution in [0.5, 0.6) is 0 Å². The van der Waals surface area contributed by atoms with Crippen molar-refractivity contribution in [2.24, 2.45) is 10.2 Å². The Labute approximate surface area is 293 Å². The Hall–Kier alpha value is -6.64. The van der Waals surface area contributed by atoms with E-state index in [1.807, 2.05) is 0 Å². The second-order valence-corrected chi connectivity index (χ2v) is 12.2. The second-order valence-electron chi connectivity index (χ2n) is 12.2. The molecule has 8 aromatic rings.